The van der Waals surface area contributed by atoms with Crippen molar-refractivity contribution in [2.24, 2.45) is 0 Å². The zero-order valence-corrected chi connectivity index (χ0v) is 27.2. The molecule has 0 saturated heterocycles. The van der Waals surface area contributed by atoms with E-state index < -0.39 is 28.5 Å². The number of carbonyl (C=O) groups is 2. The van der Waals surface area contributed by atoms with Crippen LogP contribution in [0.5, 0.6) is 11.5 Å². The second-order valence-electron chi connectivity index (χ2n) is 9.82. The van der Waals surface area contributed by atoms with Crippen LogP contribution in [0.1, 0.15) is 39.2 Å². The van der Waals surface area contributed by atoms with Gasteiger partial charge in [0.1, 0.15) is 24.1 Å². The molecule has 0 bridgehead atoms. The van der Waals surface area contributed by atoms with Crippen LogP contribution in [0.4, 0.5) is 5.69 Å². The summed E-state index contributed by atoms with van der Waals surface area (Å²) in [5, 5.41) is 3.57. The Labute approximate surface area is 263 Å². The number of carbonyl (C=O) groups excluding carboxylic acids is 2. The van der Waals surface area contributed by atoms with Crippen LogP contribution in [0.3, 0.4) is 0 Å². The lowest BCUT2D eigenvalue weighted by molar-refractivity contribution is -0.140. The van der Waals surface area contributed by atoms with Crippen LogP contribution in [0.25, 0.3) is 0 Å². The smallest absolute Gasteiger partial charge is 0.264 e. The summed E-state index contributed by atoms with van der Waals surface area (Å²) in [7, 11) is -1.42. The monoisotopic (exact) mass is 649 g/mol. The first-order chi connectivity index (χ1) is 20.5. The molecule has 1 N–H and O–H groups in total. The topological polar surface area (TPSA) is 105 Å². The van der Waals surface area contributed by atoms with Crippen molar-refractivity contribution in [3.8, 4) is 11.5 Å². The molecule has 232 valence electrons. The first-order valence-electron chi connectivity index (χ1n) is 13.8. The van der Waals surface area contributed by atoms with Gasteiger partial charge in [-0.05, 0) is 68.3 Å². The van der Waals surface area contributed by atoms with Crippen LogP contribution < -0.4 is 19.1 Å². The molecular weight excluding hydrogens is 613 g/mol. The number of nitrogens with zero attached hydrogens (tertiary/aromatic N) is 2. The molecule has 2 atom stereocenters. The molecule has 0 aliphatic carbocycles. The minimum atomic E-state index is -4.31. The molecule has 0 saturated carbocycles. The van der Waals surface area contributed by atoms with Crippen LogP contribution >= 0.6 is 23.2 Å². The number of hydrogen-bond donors (Lipinski definition) is 1. The van der Waals surface area contributed by atoms with Crippen LogP contribution in [-0.4, -0.2) is 58.0 Å². The van der Waals surface area contributed by atoms with Crippen molar-refractivity contribution < 1.29 is 27.5 Å². The van der Waals surface area contributed by atoms with Crippen molar-refractivity contribution in [3.63, 3.8) is 0 Å². The highest BCUT2D eigenvalue weighted by atomic mass is 35.5. The van der Waals surface area contributed by atoms with Crippen molar-refractivity contribution in [1.29, 1.82) is 0 Å². The SMILES string of the molecule is CC[C@@H](C)NC(=O)[C@@H](CC)N(Cc1c(Cl)cccc1Cl)C(=O)CN(c1ccccc1OC)S(=O)(=O)c1ccc(OC)cc1. The Morgan fingerprint density at radius 2 is 1.51 bits per heavy atom. The third-order valence-electron chi connectivity index (χ3n) is 7.06. The zero-order valence-electron chi connectivity index (χ0n) is 24.8. The molecule has 9 nitrogen and oxygen atoms in total. The van der Waals surface area contributed by atoms with E-state index in [-0.39, 0.29) is 41.2 Å². The van der Waals surface area contributed by atoms with Crippen molar-refractivity contribution >= 4 is 50.7 Å². The average Bonchev–Trinajstić information content (AvgIpc) is 3.00. The number of hydrogen-bond acceptors (Lipinski definition) is 6. The lowest BCUT2D eigenvalue weighted by Crippen LogP contribution is -2.53. The number of sulfonamides is 1. The van der Waals surface area contributed by atoms with Gasteiger partial charge in [-0.1, -0.05) is 55.2 Å². The van der Waals surface area contributed by atoms with Crippen LogP contribution in [0.15, 0.2) is 71.6 Å². The Kier molecular flexibility index (Phi) is 12.1. The number of halogens is 2. The quantitative estimate of drug-likeness (QED) is 0.232. The second kappa shape index (κ2) is 15.3. The number of rotatable bonds is 14. The van der Waals surface area contributed by atoms with Gasteiger partial charge in [-0.15, -0.1) is 0 Å². The van der Waals surface area contributed by atoms with Gasteiger partial charge in [-0.25, -0.2) is 8.42 Å². The van der Waals surface area contributed by atoms with Crippen LogP contribution in [-0.2, 0) is 26.2 Å². The van der Waals surface area contributed by atoms with Gasteiger partial charge < -0.3 is 19.7 Å². The zero-order chi connectivity index (χ0) is 31.7. The molecule has 0 unspecified atom stereocenters. The van der Waals surface area contributed by atoms with Gasteiger partial charge in [0, 0.05) is 28.2 Å². The van der Waals surface area contributed by atoms with Gasteiger partial charge >= 0.3 is 0 Å². The maximum absolute atomic E-state index is 14.3. The van der Waals surface area contributed by atoms with E-state index in [2.05, 4.69) is 5.32 Å². The molecule has 0 spiro atoms. The number of benzene rings is 3. The molecule has 0 heterocycles. The third kappa shape index (κ3) is 8.13. The van der Waals surface area contributed by atoms with Crippen LogP contribution in [0, 0.1) is 0 Å². The average molecular weight is 651 g/mol. The minimum Gasteiger partial charge on any atom is -0.497 e. The molecule has 0 fully saturated rings. The van der Waals surface area contributed by atoms with Gasteiger partial charge in [0.05, 0.1) is 24.8 Å². The summed E-state index contributed by atoms with van der Waals surface area (Å²) in [6.07, 6.45) is 0.949. The van der Waals surface area contributed by atoms with Crippen molar-refractivity contribution in [2.75, 3.05) is 25.1 Å². The maximum Gasteiger partial charge on any atom is 0.264 e. The fourth-order valence-corrected chi connectivity index (χ4v) is 6.38. The number of ether oxygens (including phenoxy) is 2. The van der Waals surface area contributed by atoms with Crippen LogP contribution in [0.2, 0.25) is 10.0 Å². The summed E-state index contributed by atoms with van der Waals surface area (Å²) in [5.41, 5.74) is 0.595. The highest BCUT2D eigenvalue weighted by molar-refractivity contribution is 7.92. The van der Waals surface area contributed by atoms with Gasteiger partial charge in [0.25, 0.3) is 10.0 Å². The molecule has 0 aromatic heterocycles. The molecule has 3 rings (SSSR count). The van der Waals surface area contributed by atoms with Crippen molar-refractivity contribution in [3.05, 3.63) is 82.3 Å². The molecule has 3 aromatic rings. The normalized spacial score (nSPS) is 12.6. The maximum atomic E-state index is 14.3. The Morgan fingerprint density at radius 1 is 0.884 bits per heavy atom. The van der Waals surface area contributed by atoms with E-state index in [1.165, 1.54) is 43.4 Å². The molecule has 3 aromatic carbocycles. The largest absolute Gasteiger partial charge is 0.497 e. The highest BCUT2D eigenvalue weighted by Gasteiger charge is 2.35. The van der Waals surface area contributed by atoms with Crippen molar-refractivity contribution in [2.45, 2.75) is 57.1 Å². The fourth-order valence-electron chi connectivity index (χ4n) is 4.44. The second-order valence-corrected chi connectivity index (χ2v) is 12.5. The molecule has 0 aliphatic heterocycles. The Balaban J connectivity index is 2.14. The Morgan fingerprint density at radius 3 is 2.07 bits per heavy atom. The molecule has 2 amide bonds. The standard InChI is InChI=1S/C31H37Cl2N3O6S/c1-6-21(3)34-31(38)27(7-2)35(19-24-25(32)11-10-12-26(24)33)30(37)20-36(28-13-8-9-14-29(28)42-5)43(39,40)23-17-15-22(41-4)16-18-23/h8-18,21,27H,6-7,19-20H2,1-5H3,(H,34,38)/t21-,27-/m1/s1. The number of anilines is 1. The Bertz CT molecular complexity index is 1500. The third-order valence-corrected chi connectivity index (χ3v) is 9.54. The summed E-state index contributed by atoms with van der Waals surface area (Å²) in [6, 6.07) is 16.2. The van der Waals surface area contributed by atoms with E-state index in [4.69, 9.17) is 32.7 Å². The van der Waals surface area contributed by atoms with E-state index in [9.17, 15) is 18.0 Å². The van der Waals surface area contributed by atoms with Crippen molar-refractivity contribution in [1.82, 2.24) is 10.2 Å². The lowest BCUT2D eigenvalue weighted by Gasteiger charge is -2.34. The predicted octanol–water partition coefficient (Wildman–Crippen LogP) is 5.93. The molecular formula is C31H37Cl2N3O6S. The predicted molar refractivity (Wildman–Crippen MR) is 170 cm³/mol. The summed E-state index contributed by atoms with van der Waals surface area (Å²) in [5.74, 6) is -0.283. The number of amides is 2. The van der Waals surface area contributed by atoms with E-state index in [1.54, 1.807) is 49.4 Å². The molecule has 12 heteroatoms. The summed E-state index contributed by atoms with van der Waals surface area (Å²) in [6.45, 7) is 4.83. The summed E-state index contributed by atoms with van der Waals surface area (Å²) < 4.78 is 39.9. The van der Waals surface area contributed by atoms with E-state index in [0.29, 0.717) is 27.8 Å². The Hall–Kier alpha value is -3.47. The van der Waals surface area contributed by atoms with E-state index >= 15 is 0 Å². The van der Waals surface area contributed by atoms with Gasteiger partial charge in [0.15, 0.2) is 0 Å². The molecule has 43 heavy (non-hydrogen) atoms. The molecule has 0 aliphatic rings. The first-order valence-corrected chi connectivity index (χ1v) is 16.0. The molecule has 0 radical (unpaired) electrons. The van der Waals surface area contributed by atoms with E-state index in [0.717, 1.165) is 4.31 Å². The summed E-state index contributed by atoms with van der Waals surface area (Å²) >= 11 is 13.0. The van der Waals surface area contributed by atoms with Gasteiger partial charge in [-0.2, -0.15) is 0 Å². The number of para-hydroxylation sites is 2. The fraction of sp³-hybridized carbons (Fsp3) is 0.355. The van der Waals surface area contributed by atoms with E-state index in [1.807, 2.05) is 13.8 Å². The van der Waals surface area contributed by atoms with Gasteiger partial charge in [-0.3, -0.25) is 13.9 Å². The number of methoxy groups -OCH3 is 2. The summed E-state index contributed by atoms with van der Waals surface area (Å²) in [4.78, 5) is 29.0. The lowest BCUT2D eigenvalue weighted by atomic mass is 10.1. The minimum absolute atomic E-state index is 0.0609. The highest BCUT2D eigenvalue weighted by Crippen LogP contribution is 2.33. The number of nitrogens with one attached hydrogen (secondary N) is 1. The first kappa shape index (κ1) is 34.0. The van der Waals surface area contributed by atoms with Gasteiger partial charge in [0.2, 0.25) is 11.8 Å².